The van der Waals surface area contributed by atoms with Gasteiger partial charge < -0.3 is 10.4 Å². The first-order valence-electron chi connectivity index (χ1n) is 7.18. The number of imide groups is 1. The maximum Gasteiger partial charge on any atom is 0.322 e. The summed E-state index contributed by atoms with van der Waals surface area (Å²) in [4.78, 5) is 24.5. The molecule has 2 aromatic carbocycles. The molecule has 1 fully saturated rings. The van der Waals surface area contributed by atoms with Crippen LogP contribution in [-0.2, 0) is 10.3 Å². The maximum atomic E-state index is 12.7. The number of carbonyl (C=O) groups excluding carboxylic acids is 2. The number of nitrogens with one attached hydrogen (secondary N) is 2. The van der Waals surface area contributed by atoms with Gasteiger partial charge in [0.2, 0.25) is 0 Å². The number of aliphatic hydroxyl groups is 1. The van der Waals surface area contributed by atoms with Gasteiger partial charge in [-0.05, 0) is 16.7 Å². The Morgan fingerprint density at radius 3 is 2.30 bits per heavy atom. The molecule has 2 atom stereocenters. The summed E-state index contributed by atoms with van der Waals surface area (Å²) in [7, 11) is 0. The number of urea groups is 1. The van der Waals surface area contributed by atoms with Gasteiger partial charge in [-0.1, -0.05) is 60.7 Å². The lowest BCUT2D eigenvalue weighted by molar-refractivity contribution is -0.122. The van der Waals surface area contributed by atoms with Crippen molar-refractivity contribution in [2.75, 3.05) is 0 Å². The summed E-state index contributed by atoms with van der Waals surface area (Å²) in [6.07, 6.45) is 0.434. The fourth-order valence-corrected chi connectivity index (χ4v) is 2.92. The molecule has 116 valence electrons. The smallest absolute Gasteiger partial charge is 0.322 e. The quantitative estimate of drug-likeness (QED) is 0.597. The molecule has 1 aliphatic heterocycles. The summed E-state index contributed by atoms with van der Waals surface area (Å²) in [5.74, 6) is -0.475. The van der Waals surface area contributed by atoms with Crippen LogP contribution in [0.25, 0.3) is 0 Å². The van der Waals surface area contributed by atoms with E-state index >= 15 is 0 Å². The normalized spacial score (nSPS) is 21.4. The maximum absolute atomic E-state index is 12.7. The van der Waals surface area contributed by atoms with E-state index in [1.54, 1.807) is 48.5 Å². The van der Waals surface area contributed by atoms with Gasteiger partial charge in [0.15, 0.2) is 5.54 Å². The molecule has 1 saturated heterocycles. The fourth-order valence-electron chi connectivity index (χ4n) is 2.92. The monoisotopic (exact) mass is 308 g/mol. The summed E-state index contributed by atoms with van der Waals surface area (Å²) >= 11 is 0. The molecular weight excluding hydrogens is 292 g/mol. The standard InChI is InChI=1S/C18H16N2O3/c1-2-15(21)13-10-6-7-11-14(13)18(12-8-4-3-5-9-12)16(22)19-17(23)20-18/h2-11,15,21H,1H2,(H2,19,20,22,23). The molecule has 1 aliphatic rings. The molecule has 0 bridgehead atoms. The second kappa shape index (κ2) is 5.70. The minimum atomic E-state index is -1.38. The predicted molar refractivity (Wildman–Crippen MR) is 85.5 cm³/mol. The zero-order chi connectivity index (χ0) is 16.4. The Morgan fingerprint density at radius 1 is 1.04 bits per heavy atom. The molecule has 0 saturated carbocycles. The minimum Gasteiger partial charge on any atom is -0.384 e. The van der Waals surface area contributed by atoms with Crippen molar-refractivity contribution in [2.45, 2.75) is 11.6 Å². The van der Waals surface area contributed by atoms with Crippen molar-refractivity contribution in [3.05, 3.63) is 83.9 Å². The van der Waals surface area contributed by atoms with Crippen LogP contribution in [0.2, 0.25) is 0 Å². The van der Waals surface area contributed by atoms with Gasteiger partial charge in [-0.25, -0.2) is 4.79 Å². The molecule has 0 aromatic heterocycles. The molecule has 3 rings (SSSR count). The molecule has 1 heterocycles. The van der Waals surface area contributed by atoms with E-state index in [2.05, 4.69) is 17.2 Å². The summed E-state index contributed by atoms with van der Waals surface area (Å²) in [5.41, 5.74) is 0.275. The number of rotatable bonds is 4. The van der Waals surface area contributed by atoms with Crippen molar-refractivity contribution < 1.29 is 14.7 Å². The summed E-state index contributed by atoms with van der Waals surface area (Å²) in [6, 6.07) is 15.3. The van der Waals surface area contributed by atoms with Gasteiger partial charge in [0.25, 0.3) is 5.91 Å². The highest BCUT2D eigenvalue weighted by Gasteiger charge is 2.50. The molecule has 3 amide bonds. The highest BCUT2D eigenvalue weighted by Crippen LogP contribution is 2.36. The van der Waals surface area contributed by atoms with Gasteiger partial charge in [-0.3, -0.25) is 10.1 Å². The van der Waals surface area contributed by atoms with Crippen LogP contribution in [0.3, 0.4) is 0 Å². The zero-order valence-corrected chi connectivity index (χ0v) is 12.3. The molecule has 2 unspecified atom stereocenters. The van der Waals surface area contributed by atoms with Crippen LogP contribution >= 0.6 is 0 Å². The SMILES string of the molecule is C=CC(O)c1ccccc1C1(c2ccccc2)NC(=O)NC1=O. The molecular formula is C18H16N2O3. The predicted octanol–water partition coefficient (Wildman–Crippen LogP) is 1.99. The van der Waals surface area contributed by atoms with Crippen molar-refractivity contribution in [1.29, 1.82) is 0 Å². The zero-order valence-electron chi connectivity index (χ0n) is 12.3. The van der Waals surface area contributed by atoms with Crippen LogP contribution in [0.1, 0.15) is 22.8 Å². The van der Waals surface area contributed by atoms with Gasteiger partial charge in [-0.2, -0.15) is 0 Å². The van der Waals surface area contributed by atoms with E-state index in [0.717, 1.165) is 0 Å². The lowest BCUT2D eigenvalue weighted by Crippen LogP contribution is -2.45. The van der Waals surface area contributed by atoms with E-state index in [0.29, 0.717) is 16.7 Å². The molecule has 23 heavy (non-hydrogen) atoms. The highest BCUT2D eigenvalue weighted by atomic mass is 16.3. The first-order valence-corrected chi connectivity index (χ1v) is 7.18. The van der Waals surface area contributed by atoms with Crippen molar-refractivity contribution in [1.82, 2.24) is 10.6 Å². The molecule has 5 heteroatoms. The Balaban J connectivity index is 2.29. The minimum absolute atomic E-state index is 0.475. The molecule has 0 radical (unpaired) electrons. The largest absolute Gasteiger partial charge is 0.384 e. The Morgan fingerprint density at radius 2 is 1.70 bits per heavy atom. The Hall–Kier alpha value is -2.92. The van der Waals surface area contributed by atoms with Crippen LogP contribution in [0.4, 0.5) is 4.79 Å². The topological polar surface area (TPSA) is 78.4 Å². The van der Waals surface area contributed by atoms with E-state index in [1.807, 2.05) is 6.07 Å². The lowest BCUT2D eigenvalue weighted by Gasteiger charge is -2.30. The van der Waals surface area contributed by atoms with Crippen LogP contribution in [0.5, 0.6) is 0 Å². The van der Waals surface area contributed by atoms with Gasteiger partial charge in [0.05, 0.1) is 6.10 Å². The molecule has 0 spiro atoms. The number of hydrogen-bond acceptors (Lipinski definition) is 3. The average molecular weight is 308 g/mol. The molecule has 3 N–H and O–H groups in total. The van der Waals surface area contributed by atoms with Crippen molar-refractivity contribution in [2.24, 2.45) is 0 Å². The van der Waals surface area contributed by atoms with Crippen LogP contribution in [-0.4, -0.2) is 17.0 Å². The average Bonchev–Trinajstić information content (AvgIpc) is 2.90. The fraction of sp³-hybridized carbons (Fsp3) is 0.111. The Labute approximate surface area is 133 Å². The van der Waals surface area contributed by atoms with Gasteiger partial charge in [0.1, 0.15) is 0 Å². The summed E-state index contributed by atoms with van der Waals surface area (Å²) < 4.78 is 0. The Kier molecular flexibility index (Phi) is 3.72. The van der Waals surface area contributed by atoms with E-state index in [-0.39, 0.29) is 0 Å². The number of benzene rings is 2. The van der Waals surface area contributed by atoms with E-state index < -0.39 is 23.6 Å². The van der Waals surface area contributed by atoms with Crippen molar-refractivity contribution in [3.8, 4) is 0 Å². The van der Waals surface area contributed by atoms with Crippen LogP contribution in [0.15, 0.2) is 67.3 Å². The lowest BCUT2D eigenvalue weighted by atomic mass is 9.79. The van der Waals surface area contributed by atoms with Crippen LogP contribution in [0, 0.1) is 0 Å². The first kappa shape index (κ1) is 15.0. The molecule has 2 aromatic rings. The second-order valence-corrected chi connectivity index (χ2v) is 5.29. The third kappa shape index (κ3) is 2.31. The number of amides is 3. The van der Waals surface area contributed by atoms with Crippen molar-refractivity contribution in [3.63, 3.8) is 0 Å². The van der Waals surface area contributed by atoms with Gasteiger partial charge in [0, 0.05) is 0 Å². The molecule has 0 aliphatic carbocycles. The summed E-state index contributed by atoms with van der Waals surface area (Å²) in [5, 5.41) is 15.2. The van der Waals surface area contributed by atoms with Crippen molar-refractivity contribution >= 4 is 11.9 Å². The van der Waals surface area contributed by atoms with E-state index in [9.17, 15) is 14.7 Å². The van der Waals surface area contributed by atoms with E-state index in [1.165, 1.54) is 6.08 Å². The molecule has 5 nitrogen and oxygen atoms in total. The highest BCUT2D eigenvalue weighted by molar-refractivity contribution is 6.09. The van der Waals surface area contributed by atoms with Gasteiger partial charge in [-0.15, -0.1) is 6.58 Å². The third-order valence-electron chi connectivity index (χ3n) is 3.98. The summed E-state index contributed by atoms with van der Waals surface area (Å²) in [6.45, 7) is 3.60. The number of hydrogen-bond donors (Lipinski definition) is 3. The van der Waals surface area contributed by atoms with Crippen LogP contribution < -0.4 is 10.6 Å². The Bertz CT molecular complexity index is 773. The number of aliphatic hydroxyl groups excluding tert-OH is 1. The first-order chi connectivity index (χ1) is 11.1. The number of carbonyl (C=O) groups is 2. The van der Waals surface area contributed by atoms with E-state index in [4.69, 9.17) is 0 Å². The van der Waals surface area contributed by atoms with Gasteiger partial charge >= 0.3 is 6.03 Å². The second-order valence-electron chi connectivity index (χ2n) is 5.29. The third-order valence-corrected chi connectivity index (χ3v) is 3.98.